The van der Waals surface area contributed by atoms with Crippen LogP contribution >= 0.6 is 27.7 Å². The molecule has 88 valence electrons. The largest absolute Gasteiger partial charge is 0.316 e. The van der Waals surface area contributed by atoms with Crippen molar-refractivity contribution in [1.82, 2.24) is 5.32 Å². The number of thioether (sulfide) groups is 1. The highest BCUT2D eigenvalue weighted by Gasteiger charge is 2.12. The lowest BCUT2D eigenvalue weighted by molar-refractivity contribution is 0.531. The van der Waals surface area contributed by atoms with E-state index in [0.717, 1.165) is 5.25 Å². The molecule has 0 radical (unpaired) electrons. The molecule has 1 N–H and O–H groups in total. The maximum Gasteiger partial charge on any atom is 0.0175 e. The van der Waals surface area contributed by atoms with Gasteiger partial charge in [0.15, 0.2) is 0 Å². The minimum atomic E-state index is 0.837. The van der Waals surface area contributed by atoms with Crippen molar-refractivity contribution in [3.8, 4) is 0 Å². The quantitative estimate of drug-likeness (QED) is 0.913. The van der Waals surface area contributed by atoms with Gasteiger partial charge in [-0.25, -0.2) is 0 Å². The number of benzene rings is 1. The van der Waals surface area contributed by atoms with E-state index in [1.165, 1.54) is 48.1 Å². The van der Waals surface area contributed by atoms with Crippen LogP contribution in [0.4, 0.5) is 0 Å². The van der Waals surface area contributed by atoms with E-state index in [2.05, 4.69) is 57.3 Å². The topological polar surface area (TPSA) is 12.0 Å². The van der Waals surface area contributed by atoms with E-state index in [-0.39, 0.29) is 0 Å². The Labute approximate surface area is 111 Å². The van der Waals surface area contributed by atoms with Gasteiger partial charge in [0.1, 0.15) is 0 Å². The van der Waals surface area contributed by atoms with Gasteiger partial charge >= 0.3 is 0 Å². The molecular formula is C13H18BrNS. The van der Waals surface area contributed by atoms with Gasteiger partial charge < -0.3 is 5.32 Å². The predicted octanol–water partition coefficient (Wildman–Crippen LogP) is 3.48. The molecule has 1 fully saturated rings. The molecule has 1 heterocycles. The molecule has 3 heteroatoms. The zero-order valence-corrected chi connectivity index (χ0v) is 11.8. The van der Waals surface area contributed by atoms with Gasteiger partial charge in [0.2, 0.25) is 0 Å². The summed E-state index contributed by atoms with van der Waals surface area (Å²) in [6.07, 6.45) is 3.92. The SMILES string of the molecule is Brc1ccc(CCSC2CCCNC2)cc1. The van der Waals surface area contributed by atoms with Crippen LogP contribution < -0.4 is 5.32 Å². The molecule has 1 aromatic rings. The highest BCUT2D eigenvalue weighted by atomic mass is 79.9. The average Bonchev–Trinajstić information content (AvgIpc) is 2.33. The third-order valence-corrected chi connectivity index (χ3v) is 4.75. The first kappa shape index (κ1) is 12.5. The van der Waals surface area contributed by atoms with E-state index < -0.39 is 0 Å². The lowest BCUT2D eigenvalue weighted by Crippen LogP contribution is -2.31. The summed E-state index contributed by atoms with van der Waals surface area (Å²) in [5.74, 6) is 1.24. The van der Waals surface area contributed by atoms with Gasteiger partial charge in [-0.15, -0.1) is 0 Å². The molecule has 1 nitrogen and oxygen atoms in total. The van der Waals surface area contributed by atoms with Gasteiger partial charge in [0.05, 0.1) is 0 Å². The van der Waals surface area contributed by atoms with E-state index >= 15 is 0 Å². The van der Waals surface area contributed by atoms with E-state index in [1.54, 1.807) is 0 Å². The number of hydrogen-bond acceptors (Lipinski definition) is 2. The number of nitrogens with one attached hydrogen (secondary N) is 1. The summed E-state index contributed by atoms with van der Waals surface area (Å²) in [6.45, 7) is 2.41. The summed E-state index contributed by atoms with van der Waals surface area (Å²) in [5, 5.41) is 4.30. The van der Waals surface area contributed by atoms with E-state index in [9.17, 15) is 0 Å². The predicted molar refractivity (Wildman–Crippen MR) is 76.2 cm³/mol. The van der Waals surface area contributed by atoms with E-state index in [4.69, 9.17) is 0 Å². The van der Waals surface area contributed by atoms with Gasteiger partial charge in [-0.3, -0.25) is 0 Å². The Bertz CT molecular complexity index is 306. The van der Waals surface area contributed by atoms with Crippen molar-refractivity contribution in [3.05, 3.63) is 34.3 Å². The fraction of sp³-hybridized carbons (Fsp3) is 0.538. The molecule has 0 saturated carbocycles. The monoisotopic (exact) mass is 299 g/mol. The van der Waals surface area contributed by atoms with Crippen molar-refractivity contribution in [2.75, 3.05) is 18.8 Å². The zero-order chi connectivity index (χ0) is 11.2. The Hall–Kier alpha value is 0.01000. The second-order valence-corrected chi connectivity index (χ2v) is 6.54. The Morgan fingerprint density at radius 1 is 1.31 bits per heavy atom. The third kappa shape index (κ3) is 4.11. The summed E-state index contributed by atoms with van der Waals surface area (Å²) < 4.78 is 1.17. The minimum absolute atomic E-state index is 0.837. The Balaban J connectivity index is 1.69. The van der Waals surface area contributed by atoms with Crippen molar-refractivity contribution in [3.63, 3.8) is 0 Å². The second kappa shape index (κ2) is 6.67. The normalized spacial score (nSPS) is 20.9. The molecule has 1 aliphatic heterocycles. The fourth-order valence-electron chi connectivity index (χ4n) is 1.96. The second-order valence-electron chi connectivity index (χ2n) is 4.22. The van der Waals surface area contributed by atoms with Crippen molar-refractivity contribution < 1.29 is 0 Å². The number of rotatable bonds is 4. The maximum absolute atomic E-state index is 3.46. The van der Waals surface area contributed by atoms with E-state index in [1.807, 2.05) is 0 Å². The minimum Gasteiger partial charge on any atom is -0.316 e. The molecule has 1 atom stereocenters. The summed E-state index contributed by atoms with van der Waals surface area (Å²) in [7, 11) is 0. The van der Waals surface area contributed by atoms with Crippen molar-refractivity contribution in [1.29, 1.82) is 0 Å². The molecular weight excluding hydrogens is 282 g/mol. The third-order valence-electron chi connectivity index (χ3n) is 2.91. The molecule has 0 amide bonds. The van der Waals surface area contributed by atoms with Gasteiger partial charge in [-0.2, -0.15) is 11.8 Å². The van der Waals surface area contributed by atoms with Gasteiger partial charge in [0.25, 0.3) is 0 Å². The maximum atomic E-state index is 3.46. The van der Waals surface area contributed by atoms with Crippen LogP contribution in [0.25, 0.3) is 0 Å². The van der Waals surface area contributed by atoms with Crippen LogP contribution in [0.5, 0.6) is 0 Å². The van der Waals surface area contributed by atoms with E-state index in [0.29, 0.717) is 0 Å². The number of piperidine rings is 1. The van der Waals surface area contributed by atoms with Crippen molar-refractivity contribution in [2.24, 2.45) is 0 Å². The highest BCUT2D eigenvalue weighted by Crippen LogP contribution is 2.20. The van der Waals surface area contributed by atoms with Crippen LogP contribution in [0.2, 0.25) is 0 Å². The van der Waals surface area contributed by atoms with Crippen LogP contribution in [0, 0.1) is 0 Å². The summed E-state index contributed by atoms with van der Waals surface area (Å²) in [4.78, 5) is 0. The molecule has 1 saturated heterocycles. The molecule has 0 aromatic heterocycles. The molecule has 16 heavy (non-hydrogen) atoms. The van der Waals surface area contributed by atoms with Crippen LogP contribution in [0.1, 0.15) is 18.4 Å². The first-order valence-corrected chi connectivity index (χ1v) is 7.75. The standard InChI is InChI=1S/C13H18BrNS/c14-12-5-3-11(4-6-12)7-9-16-13-2-1-8-15-10-13/h3-6,13,15H,1-2,7-10H2. The Morgan fingerprint density at radius 3 is 2.81 bits per heavy atom. The fourth-order valence-corrected chi connectivity index (χ4v) is 3.48. The first-order valence-electron chi connectivity index (χ1n) is 5.91. The van der Waals surface area contributed by atoms with Gasteiger partial charge in [-0.05, 0) is 49.3 Å². The smallest absolute Gasteiger partial charge is 0.0175 e. The number of halogens is 1. The molecule has 0 aliphatic carbocycles. The molecule has 2 rings (SSSR count). The highest BCUT2D eigenvalue weighted by molar-refractivity contribution is 9.10. The lowest BCUT2D eigenvalue weighted by Gasteiger charge is -2.22. The summed E-state index contributed by atoms with van der Waals surface area (Å²) in [6, 6.07) is 8.68. The van der Waals surface area contributed by atoms with Gasteiger partial charge in [-0.1, -0.05) is 28.1 Å². The molecule has 0 spiro atoms. The van der Waals surface area contributed by atoms with Crippen molar-refractivity contribution >= 4 is 27.7 Å². The number of aryl methyl sites for hydroxylation is 1. The average molecular weight is 300 g/mol. The van der Waals surface area contributed by atoms with Crippen molar-refractivity contribution in [2.45, 2.75) is 24.5 Å². The van der Waals surface area contributed by atoms with Crippen LogP contribution in [-0.4, -0.2) is 24.1 Å². The van der Waals surface area contributed by atoms with Crippen LogP contribution in [0.3, 0.4) is 0 Å². The first-order chi connectivity index (χ1) is 7.84. The number of hydrogen-bond donors (Lipinski definition) is 1. The summed E-state index contributed by atoms with van der Waals surface area (Å²) >= 11 is 5.58. The van der Waals surface area contributed by atoms with Crippen LogP contribution in [0.15, 0.2) is 28.7 Å². The Morgan fingerprint density at radius 2 is 2.12 bits per heavy atom. The molecule has 1 unspecified atom stereocenters. The summed E-state index contributed by atoms with van der Waals surface area (Å²) in [5.41, 5.74) is 1.44. The lowest BCUT2D eigenvalue weighted by atomic mass is 10.2. The zero-order valence-electron chi connectivity index (χ0n) is 9.42. The molecule has 1 aromatic carbocycles. The molecule has 0 bridgehead atoms. The van der Waals surface area contributed by atoms with Gasteiger partial charge in [0, 0.05) is 16.3 Å². The van der Waals surface area contributed by atoms with Crippen LogP contribution in [-0.2, 0) is 6.42 Å². The Kier molecular flexibility index (Phi) is 5.20. The molecule has 1 aliphatic rings.